The van der Waals surface area contributed by atoms with Crippen LogP contribution in [0.3, 0.4) is 0 Å². The molecule has 0 unspecified atom stereocenters. The van der Waals surface area contributed by atoms with Crippen molar-refractivity contribution < 1.29 is 9.53 Å². The van der Waals surface area contributed by atoms with Crippen LogP contribution in [0.1, 0.15) is 21.9 Å². The number of carbonyl (C=O) groups is 1. The first kappa shape index (κ1) is 15.0. The van der Waals surface area contributed by atoms with Crippen LogP contribution in [0.5, 0.6) is 5.75 Å². The SMILES string of the molecule is Cc1ccc(OCCNC(=O)c2nc3nccc(C)n3n2)cc1. The Balaban J connectivity index is 1.54. The number of amides is 1. The first-order valence-electron chi connectivity index (χ1n) is 7.29. The van der Waals surface area contributed by atoms with Crippen LogP contribution in [0.25, 0.3) is 5.78 Å². The van der Waals surface area contributed by atoms with Gasteiger partial charge in [0, 0.05) is 11.9 Å². The number of nitrogens with zero attached hydrogens (tertiary/aromatic N) is 4. The molecule has 1 amide bonds. The van der Waals surface area contributed by atoms with Crippen molar-refractivity contribution in [3.63, 3.8) is 0 Å². The van der Waals surface area contributed by atoms with Gasteiger partial charge in [0.2, 0.25) is 5.82 Å². The average Bonchev–Trinajstić information content (AvgIpc) is 2.99. The summed E-state index contributed by atoms with van der Waals surface area (Å²) in [5.74, 6) is 0.936. The molecule has 3 aromatic rings. The maximum Gasteiger partial charge on any atom is 0.291 e. The van der Waals surface area contributed by atoms with Crippen LogP contribution >= 0.6 is 0 Å². The zero-order valence-corrected chi connectivity index (χ0v) is 13.0. The molecule has 1 N–H and O–H groups in total. The Labute approximate surface area is 133 Å². The third-order valence-corrected chi connectivity index (χ3v) is 3.31. The minimum atomic E-state index is -0.345. The van der Waals surface area contributed by atoms with Crippen molar-refractivity contribution in [3.05, 3.63) is 53.6 Å². The van der Waals surface area contributed by atoms with Crippen molar-refractivity contribution in [1.82, 2.24) is 24.9 Å². The number of aromatic nitrogens is 4. The molecule has 23 heavy (non-hydrogen) atoms. The lowest BCUT2D eigenvalue weighted by atomic mass is 10.2. The second kappa shape index (κ2) is 6.43. The van der Waals surface area contributed by atoms with Crippen molar-refractivity contribution in [2.75, 3.05) is 13.2 Å². The van der Waals surface area contributed by atoms with Gasteiger partial charge in [-0.05, 0) is 32.0 Å². The number of nitrogens with one attached hydrogen (secondary N) is 1. The van der Waals surface area contributed by atoms with Crippen molar-refractivity contribution in [3.8, 4) is 5.75 Å². The summed E-state index contributed by atoms with van der Waals surface area (Å²) in [5.41, 5.74) is 2.04. The molecule has 3 rings (SSSR count). The molecule has 0 aliphatic heterocycles. The molecule has 7 heteroatoms. The number of hydrogen-bond donors (Lipinski definition) is 1. The summed E-state index contributed by atoms with van der Waals surface area (Å²) < 4.78 is 7.09. The van der Waals surface area contributed by atoms with Gasteiger partial charge >= 0.3 is 0 Å². The van der Waals surface area contributed by atoms with E-state index in [1.807, 2.05) is 38.1 Å². The Morgan fingerprint density at radius 2 is 2.00 bits per heavy atom. The third kappa shape index (κ3) is 3.45. The first-order chi connectivity index (χ1) is 11.1. The molecule has 2 heterocycles. The van der Waals surface area contributed by atoms with Gasteiger partial charge in [-0.1, -0.05) is 17.7 Å². The topological polar surface area (TPSA) is 81.4 Å². The predicted molar refractivity (Wildman–Crippen MR) is 84.5 cm³/mol. The van der Waals surface area contributed by atoms with Crippen molar-refractivity contribution in [1.29, 1.82) is 0 Å². The Hall–Kier alpha value is -2.96. The number of benzene rings is 1. The largest absolute Gasteiger partial charge is 0.492 e. The van der Waals surface area contributed by atoms with E-state index in [2.05, 4.69) is 20.4 Å². The van der Waals surface area contributed by atoms with Crippen molar-refractivity contribution in [2.45, 2.75) is 13.8 Å². The van der Waals surface area contributed by atoms with E-state index in [1.165, 1.54) is 10.1 Å². The molecule has 0 saturated carbocycles. The van der Waals surface area contributed by atoms with Crippen LogP contribution in [-0.4, -0.2) is 38.6 Å². The van der Waals surface area contributed by atoms with Crippen LogP contribution in [0.4, 0.5) is 0 Å². The molecular weight excluding hydrogens is 294 g/mol. The zero-order chi connectivity index (χ0) is 16.2. The summed E-state index contributed by atoms with van der Waals surface area (Å²) in [4.78, 5) is 20.2. The lowest BCUT2D eigenvalue weighted by molar-refractivity contribution is 0.0937. The van der Waals surface area contributed by atoms with Gasteiger partial charge < -0.3 is 10.1 Å². The highest BCUT2D eigenvalue weighted by Gasteiger charge is 2.13. The molecule has 118 valence electrons. The predicted octanol–water partition coefficient (Wildman–Crippen LogP) is 1.55. The fourth-order valence-corrected chi connectivity index (χ4v) is 2.05. The second-order valence-electron chi connectivity index (χ2n) is 5.15. The van der Waals surface area contributed by atoms with Gasteiger partial charge in [0.25, 0.3) is 11.7 Å². The van der Waals surface area contributed by atoms with Crippen LogP contribution in [-0.2, 0) is 0 Å². The molecule has 0 radical (unpaired) electrons. The van der Waals surface area contributed by atoms with Crippen LogP contribution in [0.2, 0.25) is 0 Å². The normalized spacial score (nSPS) is 10.7. The molecule has 0 spiro atoms. The number of hydrogen-bond acceptors (Lipinski definition) is 5. The number of ether oxygens (including phenoxy) is 1. The van der Waals surface area contributed by atoms with Gasteiger partial charge in [0.1, 0.15) is 12.4 Å². The van der Waals surface area contributed by atoms with Gasteiger partial charge in [-0.3, -0.25) is 4.79 Å². The monoisotopic (exact) mass is 311 g/mol. The molecule has 0 aliphatic carbocycles. The number of rotatable bonds is 5. The minimum absolute atomic E-state index is 0.0992. The van der Waals surface area contributed by atoms with E-state index >= 15 is 0 Å². The van der Waals surface area contributed by atoms with Crippen LogP contribution in [0.15, 0.2) is 36.5 Å². The molecule has 0 aliphatic rings. The van der Waals surface area contributed by atoms with Gasteiger partial charge in [-0.15, -0.1) is 5.10 Å². The van der Waals surface area contributed by atoms with E-state index in [4.69, 9.17) is 4.74 Å². The Morgan fingerprint density at radius 3 is 2.74 bits per heavy atom. The van der Waals surface area contributed by atoms with E-state index in [0.717, 1.165) is 11.4 Å². The molecule has 0 saturated heterocycles. The molecule has 1 aromatic carbocycles. The van der Waals surface area contributed by atoms with E-state index in [0.29, 0.717) is 18.9 Å². The van der Waals surface area contributed by atoms with E-state index in [9.17, 15) is 4.79 Å². The maximum atomic E-state index is 12.0. The average molecular weight is 311 g/mol. The summed E-state index contributed by atoms with van der Waals surface area (Å²) in [6, 6.07) is 9.55. The lowest BCUT2D eigenvalue weighted by Crippen LogP contribution is -2.29. The molecule has 7 nitrogen and oxygen atoms in total. The first-order valence-corrected chi connectivity index (χ1v) is 7.29. The highest BCUT2D eigenvalue weighted by molar-refractivity contribution is 5.90. The fourth-order valence-electron chi connectivity index (χ4n) is 2.05. The Kier molecular flexibility index (Phi) is 4.18. The number of carbonyl (C=O) groups excluding carboxylic acids is 1. The summed E-state index contributed by atoms with van der Waals surface area (Å²) in [6.45, 7) is 4.64. The third-order valence-electron chi connectivity index (χ3n) is 3.31. The molecular formula is C16H17N5O2. The Bertz CT molecular complexity index is 826. The second-order valence-corrected chi connectivity index (χ2v) is 5.15. The summed E-state index contributed by atoms with van der Waals surface area (Å²) in [7, 11) is 0. The summed E-state index contributed by atoms with van der Waals surface area (Å²) in [6.07, 6.45) is 1.64. The highest BCUT2D eigenvalue weighted by atomic mass is 16.5. The standard InChI is InChI=1S/C16H17N5O2/c1-11-3-5-13(6-4-11)23-10-9-17-15(22)14-19-16-18-8-7-12(2)21(16)20-14/h3-8H,9-10H2,1-2H3,(H,17,22). The number of fused-ring (bicyclic) bond motifs is 1. The smallest absolute Gasteiger partial charge is 0.291 e. The molecule has 0 fully saturated rings. The molecule has 2 aromatic heterocycles. The van der Waals surface area contributed by atoms with Gasteiger partial charge in [0.05, 0.1) is 6.54 Å². The summed E-state index contributed by atoms with van der Waals surface area (Å²) in [5, 5.41) is 6.88. The van der Waals surface area contributed by atoms with Crippen molar-refractivity contribution in [2.24, 2.45) is 0 Å². The van der Waals surface area contributed by atoms with E-state index in [1.54, 1.807) is 12.3 Å². The van der Waals surface area contributed by atoms with E-state index < -0.39 is 0 Å². The quantitative estimate of drug-likeness (QED) is 0.723. The fraction of sp³-hybridized carbons (Fsp3) is 0.250. The van der Waals surface area contributed by atoms with Gasteiger partial charge in [0.15, 0.2) is 0 Å². The van der Waals surface area contributed by atoms with Crippen molar-refractivity contribution >= 4 is 11.7 Å². The van der Waals surface area contributed by atoms with Crippen LogP contribution in [0, 0.1) is 13.8 Å². The maximum absolute atomic E-state index is 12.0. The zero-order valence-electron chi connectivity index (χ0n) is 13.0. The van der Waals surface area contributed by atoms with E-state index in [-0.39, 0.29) is 11.7 Å². The highest BCUT2D eigenvalue weighted by Crippen LogP contribution is 2.10. The minimum Gasteiger partial charge on any atom is -0.492 e. The van der Waals surface area contributed by atoms with Gasteiger partial charge in [-0.2, -0.15) is 4.98 Å². The number of aryl methyl sites for hydroxylation is 2. The Morgan fingerprint density at radius 1 is 1.22 bits per heavy atom. The van der Waals surface area contributed by atoms with Gasteiger partial charge in [-0.25, -0.2) is 9.50 Å². The molecule has 0 bridgehead atoms. The lowest BCUT2D eigenvalue weighted by Gasteiger charge is -2.06. The summed E-state index contributed by atoms with van der Waals surface area (Å²) >= 11 is 0. The molecule has 0 atom stereocenters. The van der Waals surface area contributed by atoms with Crippen LogP contribution < -0.4 is 10.1 Å².